The summed E-state index contributed by atoms with van der Waals surface area (Å²) in [6, 6.07) is 7.48. The van der Waals surface area contributed by atoms with Gasteiger partial charge in [-0.1, -0.05) is 18.2 Å². The van der Waals surface area contributed by atoms with Crippen molar-refractivity contribution in [3.8, 4) is 0 Å². The normalized spacial score (nSPS) is 12.4. The van der Waals surface area contributed by atoms with E-state index in [1.807, 2.05) is 6.07 Å². The molecule has 0 aliphatic heterocycles. The highest BCUT2D eigenvalue weighted by Gasteiger charge is 2.14. The van der Waals surface area contributed by atoms with Crippen molar-refractivity contribution in [1.29, 1.82) is 0 Å². The smallest absolute Gasteiger partial charge is 0.141 e. The molecule has 19 heavy (non-hydrogen) atoms. The number of aromatic nitrogens is 1. The molecule has 1 heterocycles. The van der Waals surface area contributed by atoms with Crippen molar-refractivity contribution in [2.45, 2.75) is 26.3 Å². The van der Waals surface area contributed by atoms with Gasteiger partial charge in [0.05, 0.1) is 12.2 Å². The van der Waals surface area contributed by atoms with E-state index in [1.165, 1.54) is 29.0 Å². The quantitative estimate of drug-likeness (QED) is 0.655. The highest BCUT2D eigenvalue weighted by molar-refractivity contribution is 5.35. The Morgan fingerprint density at radius 1 is 1.26 bits per heavy atom. The van der Waals surface area contributed by atoms with Crippen LogP contribution >= 0.6 is 0 Å². The van der Waals surface area contributed by atoms with E-state index >= 15 is 0 Å². The highest BCUT2D eigenvalue weighted by atomic mass is 19.1. The minimum atomic E-state index is -0.348. The van der Waals surface area contributed by atoms with Crippen molar-refractivity contribution in [1.82, 2.24) is 10.4 Å². The molecule has 0 saturated carbocycles. The number of benzene rings is 1. The average molecular weight is 259 g/mol. The van der Waals surface area contributed by atoms with Gasteiger partial charge in [-0.3, -0.25) is 16.3 Å². The Morgan fingerprint density at radius 2 is 1.95 bits per heavy atom. The van der Waals surface area contributed by atoms with Crippen molar-refractivity contribution in [2.24, 2.45) is 5.84 Å². The number of nitrogens with one attached hydrogen (secondary N) is 1. The number of hydrogen-bond donors (Lipinski definition) is 2. The Bertz CT molecular complexity index is 549. The zero-order chi connectivity index (χ0) is 13.8. The maximum atomic E-state index is 13.2. The minimum absolute atomic E-state index is 0.150. The van der Waals surface area contributed by atoms with Gasteiger partial charge in [0.25, 0.3) is 0 Å². The molecule has 3 N–H and O–H groups in total. The van der Waals surface area contributed by atoms with Crippen molar-refractivity contribution in [2.75, 3.05) is 0 Å². The maximum absolute atomic E-state index is 13.2. The van der Waals surface area contributed by atoms with Gasteiger partial charge < -0.3 is 0 Å². The third kappa shape index (κ3) is 3.16. The second kappa shape index (κ2) is 5.91. The van der Waals surface area contributed by atoms with Crippen LogP contribution in [0.3, 0.4) is 0 Å². The molecule has 2 rings (SSSR count). The first-order valence-electron chi connectivity index (χ1n) is 6.23. The maximum Gasteiger partial charge on any atom is 0.141 e. The standard InChI is InChI=1S/C15H18FN3/c1-10-4-3-5-11(2)14(10)7-15(19-17)12-6-13(16)9-18-8-12/h3-6,8-9,15,19H,7,17H2,1-2H3. The molecule has 0 radical (unpaired) electrons. The Balaban J connectivity index is 2.29. The number of nitrogens with zero attached hydrogens (tertiary/aromatic N) is 1. The second-order valence-electron chi connectivity index (χ2n) is 4.73. The summed E-state index contributed by atoms with van der Waals surface area (Å²) >= 11 is 0. The van der Waals surface area contributed by atoms with E-state index in [1.54, 1.807) is 6.20 Å². The van der Waals surface area contributed by atoms with E-state index in [0.717, 1.165) is 5.56 Å². The Hall–Kier alpha value is -1.78. The number of nitrogens with two attached hydrogens (primary N) is 1. The fourth-order valence-corrected chi connectivity index (χ4v) is 2.27. The topological polar surface area (TPSA) is 50.9 Å². The molecule has 1 atom stereocenters. The summed E-state index contributed by atoms with van der Waals surface area (Å²) in [4.78, 5) is 3.87. The molecule has 1 aromatic heterocycles. The van der Waals surface area contributed by atoms with Gasteiger partial charge in [-0.15, -0.1) is 0 Å². The Morgan fingerprint density at radius 3 is 2.53 bits per heavy atom. The third-order valence-electron chi connectivity index (χ3n) is 3.38. The minimum Gasteiger partial charge on any atom is -0.271 e. The first-order chi connectivity index (χ1) is 9.11. The molecule has 0 aliphatic rings. The fraction of sp³-hybridized carbons (Fsp3) is 0.267. The lowest BCUT2D eigenvalue weighted by Gasteiger charge is -2.19. The van der Waals surface area contributed by atoms with Gasteiger partial charge in [0.2, 0.25) is 0 Å². The molecule has 0 saturated heterocycles. The Kier molecular flexibility index (Phi) is 4.24. The molecule has 0 aliphatic carbocycles. The number of pyridine rings is 1. The average Bonchev–Trinajstić information content (AvgIpc) is 2.38. The van der Waals surface area contributed by atoms with Gasteiger partial charge in [-0.25, -0.2) is 4.39 Å². The van der Waals surface area contributed by atoms with Crippen LogP contribution in [0.5, 0.6) is 0 Å². The predicted molar refractivity (Wildman–Crippen MR) is 73.9 cm³/mol. The molecule has 0 bridgehead atoms. The van der Waals surface area contributed by atoms with Crippen LogP contribution in [-0.4, -0.2) is 4.98 Å². The predicted octanol–water partition coefficient (Wildman–Crippen LogP) is 2.58. The zero-order valence-electron chi connectivity index (χ0n) is 11.2. The van der Waals surface area contributed by atoms with Crippen LogP contribution in [0.2, 0.25) is 0 Å². The number of aryl methyl sites for hydroxylation is 2. The number of rotatable bonds is 4. The van der Waals surface area contributed by atoms with Gasteiger partial charge in [0.1, 0.15) is 5.82 Å². The Labute approximate surface area is 112 Å². The first-order valence-corrected chi connectivity index (χ1v) is 6.23. The molecule has 0 spiro atoms. The van der Waals surface area contributed by atoms with Crippen molar-refractivity contribution < 1.29 is 4.39 Å². The van der Waals surface area contributed by atoms with E-state index in [2.05, 4.69) is 36.4 Å². The van der Waals surface area contributed by atoms with E-state index in [-0.39, 0.29) is 11.9 Å². The summed E-state index contributed by atoms with van der Waals surface area (Å²) in [5.74, 6) is 5.25. The van der Waals surface area contributed by atoms with Gasteiger partial charge >= 0.3 is 0 Å². The monoisotopic (exact) mass is 259 g/mol. The molecule has 2 aromatic rings. The van der Waals surface area contributed by atoms with E-state index in [9.17, 15) is 4.39 Å². The van der Waals surface area contributed by atoms with E-state index in [0.29, 0.717) is 6.42 Å². The summed E-state index contributed by atoms with van der Waals surface area (Å²) in [7, 11) is 0. The van der Waals surface area contributed by atoms with Crippen molar-refractivity contribution in [3.05, 3.63) is 64.7 Å². The summed E-state index contributed by atoms with van der Waals surface area (Å²) in [5.41, 5.74) is 7.15. The van der Waals surface area contributed by atoms with Gasteiger partial charge in [0, 0.05) is 6.20 Å². The molecule has 0 amide bonds. The van der Waals surface area contributed by atoms with Crippen molar-refractivity contribution >= 4 is 0 Å². The van der Waals surface area contributed by atoms with Crippen LogP contribution < -0.4 is 11.3 Å². The third-order valence-corrected chi connectivity index (χ3v) is 3.38. The summed E-state index contributed by atoms with van der Waals surface area (Å²) in [6.45, 7) is 4.14. The molecule has 4 heteroatoms. The molecule has 3 nitrogen and oxygen atoms in total. The van der Waals surface area contributed by atoms with Crippen LogP contribution in [0.15, 0.2) is 36.7 Å². The second-order valence-corrected chi connectivity index (χ2v) is 4.73. The van der Waals surface area contributed by atoms with Crippen LogP contribution in [0.25, 0.3) is 0 Å². The highest BCUT2D eigenvalue weighted by Crippen LogP contribution is 2.22. The molecule has 100 valence electrons. The molecule has 1 unspecified atom stereocenters. The summed E-state index contributed by atoms with van der Waals surface area (Å²) < 4.78 is 13.2. The van der Waals surface area contributed by atoms with Crippen LogP contribution in [0.1, 0.15) is 28.3 Å². The largest absolute Gasteiger partial charge is 0.271 e. The van der Waals surface area contributed by atoms with Crippen LogP contribution in [-0.2, 0) is 6.42 Å². The van der Waals surface area contributed by atoms with Gasteiger partial charge in [-0.2, -0.15) is 0 Å². The summed E-state index contributed by atoms with van der Waals surface area (Å²) in [5, 5.41) is 0. The zero-order valence-corrected chi connectivity index (χ0v) is 11.2. The fourth-order valence-electron chi connectivity index (χ4n) is 2.27. The van der Waals surface area contributed by atoms with Crippen molar-refractivity contribution in [3.63, 3.8) is 0 Å². The summed E-state index contributed by atoms with van der Waals surface area (Å²) in [6.07, 6.45) is 3.54. The SMILES string of the molecule is Cc1cccc(C)c1CC(NN)c1cncc(F)c1. The number of hydrazine groups is 1. The number of hydrogen-bond acceptors (Lipinski definition) is 3. The molecular formula is C15H18FN3. The number of halogens is 1. The van der Waals surface area contributed by atoms with Crippen LogP contribution in [0, 0.1) is 19.7 Å². The first kappa shape index (κ1) is 13.6. The molecular weight excluding hydrogens is 241 g/mol. The van der Waals surface area contributed by atoms with Gasteiger partial charge in [0.15, 0.2) is 0 Å². The lowest BCUT2D eigenvalue weighted by molar-refractivity contribution is 0.539. The molecule has 1 aromatic carbocycles. The van der Waals surface area contributed by atoms with Crippen LogP contribution in [0.4, 0.5) is 4.39 Å². The lowest BCUT2D eigenvalue weighted by Crippen LogP contribution is -2.30. The van der Waals surface area contributed by atoms with E-state index in [4.69, 9.17) is 5.84 Å². The lowest BCUT2D eigenvalue weighted by atomic mass is 9.94. The van der Waals surface area contributed by atoms with E-state index < -0.39 is 0 Å². The van der Waals surface area contributed by atoms with Gasteiger partial charge in [-0.05, 0) is 48.6 Å². The molecule has 0 fully saturated rings.